The Kier molecular flexibility index (Phi) is 6.57. The highest BCUT2D eigenvalue weighted by molar-refractivity contribution is 7.94. The lowest BCUT2D eigenvalue weighted by Gasteiger charge is -2.09. The van der Waals surface area contributed by atoms with E-state index in [2.05, 4.69) is 20.3 Å². The minimum absolute atomic E-state index is 0.191. The van der Waals surface area contributed by atoms with Gasteiger partial charge in [0.2, 0.25) is 0 Å². The fraction of sp³-hybridized carbons (Fsp3) is 0.105. The maximum Gasteiger partial charge on any atom is 0.271 e. The Balaban J connectivity index is 1.52. The normalized spacial score (nSPS) is 10.9. The summed E-state index contributed by atoms with van der Waals surface area (Å²) in [6.45, 7) is 0.458. The predicted octanol–water partition coefficient (Wildman–Crippen LogP) is 2.10. The van der Waals surface area contributed by atoms with Crippen LogP contribution in [0.4, 0.5) is 5.69 Å². The molecule has 2 heterocycles. The molecule has 8 nitrogen and oxygen atoms in total. The zero-order chi connectivity index (χ0) is 20.7. The quantitative estimate of drug-likeness (QED) is 0.473. The number of benzene rings is 1. The van der Waals surface area contributed by atoms with Crippen molar-refractivity contribution in [1.82, 2.24) is 15.6 Å². The summed E-state index contributed by atoms with van der Waals surface area (Å²) < 4.78 is 27.2. The van der Waals surface area contributed by atoms with Crippen LogP contribution in [0.5, 0.6) is 0 Å². The molecule has 2 aromatic heterocycles. The summed E-state index contributed by atoms with van der Waals surface area (Å²) in [5.74, 6) is -0.657. The van der Waals surface area contributed by atoms with E-state index in [4.69, 9.17) is 0 Å². The average Bonchev–Trinajstić information content (AvgIpc) is 3.27. The van der Waals surface area contributed by atoms with Crippen LogP contribution >= 0.6 is 11.3 Å². The molecular weight excluding hydrogens is 412 g/mol. The maximum atomic E-state index is 12.3. The number of anilines is 1. The zero-order valence-corrected chi connectivity index (χ0v) is 16.8. The molecule has 0 aliphatic rings. The van der Waals surface area contributed by atoms with Crippen molar-refractivity contribution in [2.24, 2.45) is 0 Å². The van der Waals surface area contributed by atoms with Gasteiger partial charge >= 0.3 is 0 Å². The van der Waals surface area contributed by atoms with Gasteiger partial charge in [-0.05, 0) is 41.8 Å². The number of nitrogens with zero attached hydrogens (tertiary/aromatic N) is 1. The number of rotatable bonds is 8. The molecule has 0 bridgehead atoms. The van der Waals surface area contributed by atoms with Crippen LogP contribution in [-0.4, -0.2) is 38.3 Å². The van der Waals surface area contributed by atoms with Gasteiger partial charge in [-0.15, -0.1) is 11.3 Å². The van der Waals surface area contributed by atoms with E-state index < -0.39 is 10.0 Å². The number of aromatic nitrogens is 1. The topological polar surface area (TPSA) is 117 Å². The van der Waals surface area contributed by atoms with Gasteiger partial charge in [-0.2, -0.15) is 0 Å². The lowest BCUT2D eigenvalue weighted by Crippen LogP contribution is -2.34. The molecular formula is C19H18N4O4S2. The monoisotopic (exact) mass is 430 g/mol. The Labute approximate surface area is 172 Å². The van der Waals surface area contributed by atoms with Crippen molar-refractivity contribution in [2.45, 2.75) is 4.21 Å². The van der Waals surface area contributed by atoms with Crippen molar-refractivity contribution in [2.75, 3.05) is 17.8 Å². The molecule has 0 atom stereocenters. The van der Waals surface area contributed by atoms with E-state index in [1.165, 1.54) is 18.3 Å². The van der Waals surface area contributed by atoms with Crippen molar-refractivity contribution < 1.29 is 18.0 Å². The minimum atomic E-state index is -3.69. The number of carbonyl (C=O) groups is 2. The number of amides is 2. The summed E-state index contributed by atoms with van der Waals surface area (Å²) in [5, 5.41) is 7.03. The number of hydrogen-bond donors (Lipinski definition) is 3. The molecule has 150 valence electrons. The zero-order valence-electron chi connectivity index (χ0n) is 15.2. The minimum Gasteiger partial charge on any atom is -0.350 e. The van der Waals surface area contributed by atoms with Gasteiger partial charge in [0, 0.05) is 36.7 Å². The van der Waals surface area contributed by atoms with Crippen LogP contribution in [0.1, 0.15) is 20.7 Å². The highest BCUT2D eigenvalue weighted by atomic mass is 32.2. The first kappa shape index (κ1) is 20.5. The molecule has 2 amide bonds. The number of hydrogen-bond acceptors (Lipinski definition) is 6. The third kappa shape index (κ3) is 5.62. The van der Waals surface area contributed by atoms with Crippen molar-refractivity contribution in [3.8, 4) is 0 Å². The second-order valence-electron chi connectivity index (χ2n) is 5.87. The van der Waals surface area contributed by atoms with Gasteiger partial charge in [-0.1, -0.05) is 12.1 Å². The van der Waals surface area contributed by atoms with Gasteiger partial charge in [0.15, 0.2) is 0 Å². The fourth-order valence-corrected chi connectivity index (χ4v) is 4.44. The molecule has 0 radical (unpaired) electrons. The second kappa shape index (κ2) is 9.30. The number of nitrogens with one attached hydrogen (secondary N) is 3. The highest BCUT2D eigenvalue weighted by Crippen LogP contribution is 2.20. The molecule has 0 aliphatic heterocycles. The van der Waals surface area contributed by atoms with Crippen LogP contribution in [-0.2, 0) is 10.0 Å². The maximum absolute atomic E-state index is 12.3. The summed E-state index contributed by atoms with van der Waals surface area (Å²) >= 11 is 1.11. The molecule has 0 saturated carbocycles. The average molecular weight is 431 g/mol. The van der Waals surface area contributed by atoms with Crippen LogP contribution < -0.4 is 15.4 Å². The van der Waals surface area contributed by atoms with Gasteiger partial charge < -0.3 is 10.6 Å². The first-order chi connectivity index (χ1) is 14.0. The number of sulfonamides is 1. The van der Waals surface area contributed by atoms with Gasteiger partial charge in [-0.25, -0.2) is 8.42 Å². The molecule has 3 aromatic rings. The van der Waals surface area contributed by atoms with Gasteiger partial charge in [-0.3, -0.25) is 19.3 Å². The first-order valence-corrected chi connectivity index (χ1v) is 10.9. The van der Waals surface area contributed by atoms with Crippen molar-refractivity contribution >= 4 is 38.9 Å². The third-order valence-electron chi connectivity index (χ3n) is 3.76. The third-order valence-corrected chi connectivity index (χ3v) is 6.54. The van der Waals surface area contributed by atoms with E-state index in [1.54, 1.807) is 48.0 Å². The van der Waals surface area contributed by atoms with Crippen LogP contribution in [0.3, 0.4) is 0 Å². The smallest absolute Gasteiger partial charge is 0.271 e. The molecule has 0 fully saturated rings. The summed E-state index contributed by atoms with van der Waals surface area (Å²) in [6.07, 6.45) is 3.03. The Bertz CT molecular complexity index is 1080. The molecule has 10 heteroatoms. The molecule has 0 unspecified atom stereocenters. The van der Waals surface area contributed by atoms with Crippen molar-refractivity contribution in [3.63, 3.8) is 0 Å². The van der Waals surface area contributed by atoms with E-state index >= 15 is 0 Å². The molecule has 3 N–H and O–H groups in total. The lowest BCUT2D eigenvalue weighted by atomic mass is 10.2. The molecule has 3 rings (SSSR count). The van der Waals surface area contributed by atoms with Crippen molar-refractivity contribution in [1.29, 1.82) is 0 Å². The first-order valence-electron chi connectivity index (χ1n) is 8.58. The van der Waals surface area contributed by atoms with E-state index in [1.807, 2.05) is 0 Å². The Morgan fingerprint density at radius 3 is 2.31 bits per heavy atom. The van der Waals surface area contributed by atoms with Crippen LogP contribution in [0.15, 0.2) is 70.5 Å². The van der Waals surface area contributed by atoms with Crippen LogP contribution in [0.2, 0.25) is 0 Å². The standard InChI is InChI=1S/C19H18N4O4S2/c24-18(21-9-10-22-19(25)15-5-2-8-20-13-15)14-4-1-6-16(12-14)23-29(26,27)17-7-3-11-28-17/h1-8,11-13,23H,9-10H2,(H,21,24)(H,22,25). The SMILES string of the molecule is O=C(NCCNC(=O)c1cccc(NS(=O)(=O)c2cccs2)c1)c1cccnc1. The lowest BCUT2D eigenvalue weighted by molar-refractivity contribution is 0.0927. The molecule has 1 aromatic carbocycles. The Hall–Kier alpha value is -3.24. The number of thiophene rings is 1. The molecule has 0 saturated heterocycles. The number of pyridine rings is 1. The summed E-state index contributed by atoms with van der Waals surface area (Å²) in [7, 11) is -3.69. The van der Waals surface area contributed by atoms with E-state index in [9.17, 15) is 18.0 Å². The summed E-state index contributed by atoms with van der Waals surface area (Å²) in [4.78, 5) is 28.1. The predicted molar refractivity (Wildman–Crippen MR) is 110 cm³/mol. The summed E-state index contributed by atoms with van der Waals surface area (Å²) in [5.41, 5.74) is 1.02. The highest BCUT2D eigenvalue weighted by Gasteiger charge is 2.16. The van der Waals surface area contributed by atoms with Gasteiger partial charge in [0.1, 0.15) is 4.21 Å². The molecule has 0 spiro atoms. The second-order valence-corrected chi connectivity index (χ2v) is 8.73. The Morgan fingerprint density at radius 2 is 1.66 bits per heavy atom. The van der Waals surface area contributed by atoms with Gasteiger partial charge in [0.05, 0.1) is 5.56 Å². The largest absolute Gasteiger partial charge is 0.350 e. The number of carbonyl (C=O) groups excluding carboxylic acids is 2. The Morgan fingerprint density at radius 1 is 0.931 bits per heavy atom. The van der Waals surface area contributed by atoms with Crippen LogP contribution in [0.25, 0.3) is 0 Å². The van der Waals surface area contributed by atoms with E-state index in [0.717, 1.165) is 11.3 Å². The van der Waals surface area contributed by atoms with E-state index in [0.29, 0.717) is 11.1 Å². The van der Waals surface area contributed by atoms with Gasteiger partial charge in [0.25, 0.3) is 21.8 Å². The van der Waals surface area contributed by atoms with Crippen LogP contribution in [0, 0.1) is 0 Å². The van der Waals surface area contributed by atoms with Crippen molar-refractivity contribution in [3.05, 3.63) is 77.4 Å². The summed E-state index contributed by atoms with van der Waals surface area (Å²) in [6, 6.07) is 12.6. The molecule has 29 heavy (non-hydrogen) atoms. The fourth-order valence-electron chi connectivity index (χ4n) is 2.40. The molecule has 0 aliphatic carbocycles. The van der Waals surface area contributed by atoms with E-state index in [-0.39, 0.29) is 34.8 Å².